The third-order valence-electron chi connectivity index (χ3n) is 2.78. The van der Waals surface area contributed by atoms with E-state index in [0.29, 0.717) is 0 Å². The summed E-state index contributed by atoms with van der Waals surface area (Å²) in [6, 6.07) is 0. The Kier molecular flexibility index (Phi) is 5.06. The van der Waals surface area contributed by atoms with E-state index in [-0.39, 0.29) is 0 Å². The molecule has 0 aromatic rings. The van der Waals surface area contributed by atoms with Gasteiger partial charge in [0.05, 0.1) is 12.7 Å². The summed E-state index contributed by atoms with van der Waals surface area (Å²) < 4.78 is 15.1. The van der Waals surface area contributed by atoms with Gasteiger partial charge in [0.25, 0.3) is 0 Å². The Labute approximate surface area is 105 Å². The fourth-order valence-corrected chi connectivity index (χ4v) is 1.87. The third kappa shape index (κ3) is 3.41. The van der Waals surface area contributed by atoms with Crippen LogP contribution in [0.4, 0.5) is 0 Å². The smallest absolute Gasteiger partial charge is 0.305 e. The minimum atomic E-state index is -1.12. The second kappa shape index (κ2) is 6.12. The molecule has 104 valence electrons. The molecule has 18 heavy (non-hydrogen) atoms. The van der Waals surface area contributed by atoms with Crippen molar-refractivity contribution < 1.29 is 34.0 Å². The molecule has 2 N–H and O–H groups in total. The molecule has 0 amide bonds. The number of rotatable bonds is 3. The van der Waals surface area contributed by atoms with Crippen LogP contribution in [0.3, 0.4) is 0 Å². The van der Waals surface area contributed by atoms with Crippen LogP contribution in [0.2, 0.25) is 0 Å². The third-order valence-corrected chi connectivity index (χ3v) is 2.78. The second-order valence-electron chi connectivity index (χ2n) is 4.26. The molecule has 0 saturated carbocycles. The molecule has 7 nitrogen and oxygen atoms in total. The predicted molar refractivity (Wildman–Crippen MR) is 58.2 cm³/mol. The molecular weight excluding hydrogens is 244 g/mol. The molecule has 0 aromatic carbocycles. The molecular formula is C11H18O7. The van der Waals surface area contributed by atoms with E-state index in [0.717, 1.165) is 0 Å². The van der Waals surface area contributed by atoms with Gasteiger partial charge in [-0.05, 0) is 0 Å². The Morgan fingerprint density at radius 1 is 1.22 bits per heavy atom. The number of carbonyl (C=O) groups is 2. The van der Waals surface area contributed by atoms with Gasteiger partial charge < -0.3 is 24.4 Å². The molecule has 1 rings (SSSR count). The summed E-state index contributed by atoms with van der Waals surface area (Å²) >= 11 is 0. The lowest BCUT2D eigenvalue weighted by atomic mass is 9.90. The molecule has 7 heteroatoms. The van der Waals surface area contributed by atoms with Gasteiger partial charge in [-0.2, -0.15) is 0 Å². The highest BCUT2D eigenvalue weighted by molar-refractivity contribution is 5.67. The van der Waals surface area contributed by atoms with Gasteiger partial charge in [0.1, 0.15) is 6.10 Å². The maximum atomic E-state index is 11.0. The molecule has 1 fully saturated rings. The van der Waals surface area contributed by atoms with Gasteiger partial charge in [-0.25, -0.2) is 0 Å². The summed E-state index contributed by atoms with van der Waals surface area (Å²) in [5.74, 6) is -1.69. The van der Waals surface area contributed by atoms with E-state index in [9.17, 15) is 14.7 Å². The van der Waals surface area contributed by atoms with Crippen molar-refractivity contribution >= 4 is 11.9 Å². The number of hydrogen-bond acceptors (Lipinski definition) is 7. The van der Waals surface area contributed by atoms with Gasteiger partial charge in [-0.15, -0.1) is 0 Å². The minimum absolute atomic E-state index is 0.421. The molecule has 1 aliphatic rings. The van der Waals surface area contributed by atoms with Gasteiger partial charge in [0.15, 0.2) is 6.10 Å². The first-order chi connectivity index (χ1) is 8.36. The summed E-state index contributed by atoms with van der Waals surface area (Å²) in [4.78, 5) is 22.0. The SMILES string of the molecule is CC(=O)OC1OC(CO)[C@H](O)[C@H](C)C1OC(C)=O. The lowest BCUT2D eigenvalue weighted by molar-refractivity contribution is -0.282. The van der Waals surface area contributed by atoms with Crippen molar-refractivity contribution in [2.75, 3.05) is 6.61 Å². The second-order valence-corrected chi connectivity index (χ2v) is 4.26. The minimum Gasteiger partial charge on any atom is -0.455 e. The van der Waals surface area contributed by atoms with Gasteiger partial charge in [-0.1, -0.05) is 6.92 Å². The summed E-state index contributed by atoms with van der Waals surface area (Å²) in [6.07, 6.45) is -3.91. The number of esters is 2. The molecule has 1 heterocycles. The Bertz CT molecular complexity index is 317. The van der Waals surface area contributed by atoms with Crippen LogP contribution in [0.25, 0.3) is 0 Å². The molecule has 1 saturated heterocycles. The molecule has 0 radical (unpaired) electrons. The number of aliphatic hydroxyl groups is 2. The fraction of sp³-hybridized carbons (Fsp3) is 0.818. The van der Waals surface area contributed by atoms with Gasteiger partial charge in [-0.3, -0.25) is 9.59 Å². The van der Waals surface area contributed by atoms with Crippen molar-refractivity contribution in [1.29, 1.82) is 0 Å². The normalized spacial score (nSPS) is 35.9. The van der Waals surface area contributed by atoms with Gasteiger partial charge in [0, 0.05) is 19.8 Å². The van der Waals surface area contributed by atoms with Crippen LogP contribution >= 0.6 is 0 Å². The lowest BCUT2D eigenvalue weighted by Crippen LogP contribution is -2.56. The summed E-state index contributed by atoms with van der Waals surface area (Å²) in [5.41, 5.74) is 0. The summed E-state index contributed by atoms with van der Waals surface area (Å²) in [7, 11) is 0. The summed E-state index contributed by atoms with van der Waals surface area (Å²) in [6.45, 7) is 3.61. The van der Waals surface area contributed by atoms with Gasteiger partial charge >= 0.3 is 11.9 Å². The molecule has 0 spiro atoms. The van der Waals surface area contributed by atoms with E-state index in [1.807, 2.05) is 0 Å². The number of aliphatic hydroxyl groups excluding tert-OH is 2. The van der Waals surface area contributed by atoms with E-state index >= 15 is 0 Å². The molecule has 0 aromatic heterocycles. The highest BCUT2D eigenvalue weighted by Crippen LogP contribution is 2.29. The van der Waals surface area contributed by atoms with E-state index in [4.69, 9.17) is 19.3 Å². The van der Waals surface area contributed by atoms with Crippen LogP contribution in [0, 0.1) is 5.92 Å². The van der Waals surface area contributed by atoms with E-state index in [1.54, 1.807) is 6.92 Å². The van der Waals surface area contributed by atoms with Crippen molar-refractivity contribution in [1.82, 2.24) is 0 Å². The Morgan fingerprint density at radius 3 is 2.22 bits per heavy atom. The van der Waals surface area contributed by atoms with Gasteiger partial charge in [0.2, 0.25) is 6.29 Å². The molecule has 3 unspecified atom stereocenters. The lowest BCUT2D eigenvalue weighted by Gasteiger charge is -2.41. The first-order valence-electron chi connectivity index (χ1n) is 5.65. The average molecular weight is 262 g/mol. The van der Waals surface area contributed by atoms with Crippen molar-refractivity contribution in [3.05, 3.63) is 0 Å². The van der Waals surface area contributed by atoms with Crippen molar-refractivity contribution in [2.45, 2.75) is 45.4 Å². The number of ether oxygens (including phenoxy) is 3. The largest absolute Gasteiger partial charge is 0.455 e. The standard InChI is InChI=1S/C11H18O7/c1-5-9(15)8(4-12)18-11(17-7(3)14)10(5)16-6(2)13/h5,8-12,15H,4H2,1-3H3/t5-,8?,9+,10?,11?/m0/s1. The predicted octanol–water partition coefficient (Wildman–Crippen LogP) is -0.805. The zero-order valence-corrected chi connectivity index (χ0v) is 10.5. The Morgan fingerprint density at radius 2 is 1.78 bits per heavy atom. The highest BCUT2D eigenvalue weighted by atomic mass is 16.7. The monoisotopic (exact) mass is 262 g/mol. The van der Waals surface area contributed by atoms with E-state index in [1.165, 1.54) is 13.8 Å². The molecule has 0 aliphatic carbocycles. The van der Waals surface area contributed by atoms with Crippen molar-refractivity contribution in [2.24, 2.45) is 5.92 Å². The molecule has 1 aliphatic heterocycles. The summed E-state index contributed by atoms with van der Waals surface area (Å²) in [5, 5.41) is 18.9. The van der Waals surface area contributed by atoms with Crippen LogP contribution < -0.4 is 0 Å². The zero-order valence-electron chi connectivity index (χ0n) is 10.5. The Balaban J connectivity index is 2.86. The zero-order chi connectivity index (χ0) is 13.9. The maximum absolute atomic E-state index is 11.0. The molecule has 5 atom stereocenters. The van der Waals surface area contributed by atoms with Crippen LogP contribution in [0.1, 0.15) is 20.8 Å². The van der Waals surface area contributed by atoms with E-state index < -0.39 is 49.1 Å². The Hall–Kier alpha value is -1.18. The van der Waals surface area contributed by atoms with Crippen LogP contribution in [-0.4, -0.2) is 53.4 Å². The van der Waals surface area contributed by atoms with Crippen molar-refractivity contribution in [3.8, 4) is 0 Å². The first kappa shape index (κ1) is 14.9. The topological polar surface area (TPSA) is 102 Å². The fourth-order valence-electron chi connectivity index (χ4n) is 1.87. The number of hydrogen-bond donors (Lipinski definition) is 2. The number of carbonyl (C=O) groups excluding carboxylic acids is 2. The van der Waals surface area contributed by atoms with Crippen molar-refractivity contribution in [3.63, 3.8) is 0 Å². The quantitative estimate of drug-likeness (QED) is 0.641. The highest BCUT2D eigenvalue weighted by Gasteiger charge is 2.46. The van der Waals surface area contributed by atoms with E-state index in [2.05, 4.69) is 0 Å². The average Bonchev–Trinajstić information content (AvgIpc) is 2.27. The van der Waals surface area contributed by atoms with Crippen LogP contribution in [-0.2, 0) is 23.8 Å². The maximum Gasteiger partial charge on any atom is 0.305 e. The van der Waals surface area contributed by atoms with Crippen LogP contribution in [0.5, 0.6) is 0 Å². The molecule has 0 bridgehead atoms. The first-order valence-corrected chi connectivity index (χ1v) is 5.65. The van der Waals surface area contributed by atoms with Crippen LogP contribution in [0.15, 0.2) is 0 Å².